The van der Waals surface area contributed by atoms with Gasteiger partial charge in [0.2, 0.25) is 0 Å². The minimum atomic E-state index is 0.488. The van der Waals surface area contributed by atoms with Crippen molar-refractivity contribution in [3.05, 3.63) is 16.1 Å². The van der Waals surface area contributed by atoms with E-state index in [-0.39, 0.29) is 0 Å². The summed E-state index contributed by atoms with van der Waals surface area (Å²) in [5.74, 6) is 1.26. The molecule has 19 heavy (non-hydrogen) atoms. The Bertz CT molecular complexity index is 390. The fourth-order valence-corrected chi connectivity index (χ4v) is 2.28. The fraction of sp³-hybridized carbons (Fsp3) is 0.692. The van der Waals surface area contributed by atoms with Crippen LogP contribution >= 0.6 is 11.3 Å². The molecule has 0 fully saturated rings. The van der Waals surface area contributed by atoms with Crippen LogP contribution in [0.1, 0.15) is 37.4 Å². The summed E-state index contributed by atoms with van der Waals surface area (Å²) in [5, 5.41) is 9.71. The first-order chi connectivity index (χ1) is 9.17. The van der Waals surface area contributed by atoms with Gasteiger partial charge < -0.3 is 15.4 Å². The molecule has 1 aromatic heterocycles. The van der Waals surface area contributed by atoms with Crippen molar-refractivity contribution in [1.29, 1.82) is 0 Å². The number of aromatic nitrogens is 1. The largest absolute Gasteiger partial charge is 0.380 e. The maximum absolute atomic E-state index is 5.26. The summed E-state index contributed by atoms with van der Waals surface area (Å²) in [4.78, 5) is 8.73. The minimum absolute atomic E-state index is 0.488. The van der Waals surface area contributed by atoms with Crippen LogP contribution in [0.15, 0.2) is 10.4 Å². The number of rotatable bonds is 7. The smallest absolute Gasteiger partial charge is 0.191 e. The highest BCUT2D eigenvalue weighted by molar-refractivity contribution is 7.09. The van der Waals surface area contributed by atoms with Crippen molar-refractivity contribution in [3.8, 4) is 0 Å². The van der Waals surface area contributed by atoms with Crippen molar-refractivity contribution in [3.63, 3.8) is 0 Å². The number of hydrogen-bond acceptors (Lipinski definition) is 4. The topological polar surface area (TPSA) is 58.5 Å². The van der Waals surface area contributed by atoms with Gasteiger partial charge in [0.15, 0.2) is 5.96 Å². The SMILES string of the molecule is CCOCCNC(=NC)NCc1csc(C(C)C)n1. The van der Waals surface area contributed by atoms with Crippen molar-refractivity contribution in [1.82, 2.24) is 15.6 Å². The van der Waals surface area contributed by atoms with E-state index in [1.54, 1.807) is 18.4 Å². The van der Waals surface area contributed by atoms with Crippen LogP contribution in [0.25, 0.3) is 0 Å². The van der Waals surface area contributed by atoms with Crippen LogP contribution in [0, 0.1) is 0 Å². The van der Waals surface area contributed by atoms with Crippen LogP contribution in [0.5, 0.6) is 0 Å². The Hall–Kier alpha value is -1.14. The highest BCUT2D eigenvalue weighted by Gasteiger charge is 2.06. The molecule has 0 atom stereocenters. The van der Waals surface area contributed by atoms with E-state index in [0.717, 1.165) is 24.8 Å². The van der Waals surface area contributed by atoms with Crippen molar-refractivity contribution in [2.45, 2.75) is 33.2 Å². The lowest BCUT2D eigenvalue weighted by molar-refractivity contribution is 0.152. The van der Waals surface area contributed by atoms with E-state index >= 15 is 0 Å². The summed E-state index contributed by atoms with van der Waals surface area (Å²) >= 11 is 1.71. The Kier molecular flexibility index (Phi) is 7.43. The van der Waals surface area contributed by atoms with Crippen molar-refractivity contribution in [2.24, 2.45) is 4.99 Å². The molecule has 0 aliphatic heterocycles. The molecule has 0 aromatic carbocycles. The molecule has 0 aliphatic rings. The highest BCUT2D eigenvalue weighted by Crippen LogP contribution is 2.18. The predicted octanol–water partition coefficient (Wildman–Crippen LogP) is 1.97. The molecule has 0 radical (unpaired) electrons. The van der Waals surface area contributed by atoms with Gasteiger partial charge in [-0.15, -0.1) is 11.3 Å². The van der Waals surface area contributed by atoms with Gasteiger partial charge in [-0.3, -0.25) is 4.99 Å². The second-order valence-electron chi connectivity index (χ2n) is 4.38. The third-order valence-electron chi connectivity index (χ3n) is 2.47. The van der Waals surface area contributed by atoms with Gasteiger partial charge in [-0.2, -0.15) is 0 Å². The second kappa shape index (κ2) is 8.87. The molecule has 0 bridgehead atoms. The first-order valence-electron chi connectivity index (χ1n) is 6.64. The number of hydrogen-bond donors (Lipinski definition) is 2. The van der Waals surface area contributed by atoms with Crippen LogP contribution in [-0.2, 0) is 11.3 Å². The van der Waals surface area contributed by atoms with Gasteiger partial charge in [0, 0.05) is 31.5 Å². The molecular weight excluding hydrogens is 260 g/mol. The fourth-order valence-electron chi connectivity index (χ4n) is 1.45. The number of ether oxygens (including phenoxy) is 1. The maximum atomic E-state index is 5.26. The van der Waals surface area contributed by atoms with E-state index in [4.69, 9.17) is 4.74 Å². The summed E-state index contributed by atoms with van der Waals surface area (Å²) in [6, 6.07) is 0. The number of nitrogens with one attached hydrogen (secondary N) is 2. The molecule has 0 saturated carbocycles. The van der Waals surface area contributed by atoms with Gasteiger partial charge in [0.25, 0.3) is 0 Å². The molecule has 108 valence electrons. The van der Waals surface area contributed by atoms with E-state index in [9.17, 15) is 0 Å². The van der Waals surface area contributed by atoms with Gasteiger partial charge >= 0.3 is 0 Å². The Labute approximate surface area is 119 Å². The van der Waals surface area contributed by atoms with Crippen LogP contribution in [0.2, 0.25) is 0 Å². The molecule has 0 unspecified atom stereocenters. The molecule has 0 spiro atoms. The Balaban J connectivity index is 2.32. The van der Waals surface area contributed by atoms with E-state index < -0.39 is 0 Å². The van der Waals surface area contributed by atoms with Crippen LogP contribution in [-0.4, -0.2) is 37.7 Å². The zero-order valence-electron chi connectivity index (χ0n) is 12.2. The van der Waals surface area contributed by atoms with Gasteiger partial charge in [0.1, 0.15) is 0 Å². The summed E-state index contributed by atoms with van der Waals surface area (Å²) in [7, 11) is 1.76. The summed E-state index contributed by atoms with van der Waals surface area (Å²) in [6.45, 7) is 9.17. The lowest BCUT2D eigenvalue weighted by Crippen LogP contribution is -2.38. The summed E-state index contributed by atoms with van der Waals surface area (Å²) in [5.41, 5.74) is 1.06. The van der Waals surface area contributed by atoms with Crippen molar-refractivity contribution >= 4 is 17.3 Å². The number of guanidine groups is 1. The molecule has 6 heteroatoms. The Morgan fingerprint density at radius 3 is 2.84 bits per heavy atom. The van der Waals surface area contributed by atoms with Gasteiger partial charge in [-0.05, 0) is 6.92 Å². The molecular formula is C13H24N4OS. The molecule has 0 aliphatic carbocycles. The monoisotopic (exact) mass is 284 g/mol. The zero-order valence-corrected chi connectivity index (χ0v) is 13.0. The first-order valence-corrected chi connectivity index (χ1v) is 7.51. The lowest BCUT2D eigenvalue weighted by Gasteiger charge is -2.10. The van der Waals surface area contributed by atoms with Crippen LogP contribution in [0.3, 0.4) is 0 Å². The molecule has 0 amide bonds. The Morgan fingerprint density at radius 2 is 2.26 bits per heavy atom. The molecule has 0 saturated heterocycles. The normalized spacial score (nSPS) is 11.9. The zero-order chi connectivity index (χ0) is 14.1. The van der Waals surface area contributed by atoms with Crippen LogP contribution in [0.4, 0.5) is 0 Å². The van der Waals surface area contributed by atoms with Crippen LogP contribution < -0.4 is 10.6 Å². The second-order valence-corrected chi connectivity index (χ2v) is 5.27. The van der Waals surface area contributed by atoms with Crippen molar-refractivity contribution in [2.75, 3.05) is 26.8 Å². The number of thiazole rings is 1. The quantitative estimate of drug-likeness (QED) is 0.456. The standard InChI is InChI=1S/C13H24N4OS/c1-5-18-7-6-15-13(14-4)16-8-11-9-19-12(17-11)10(2)3/h9-10H,5-8H2,1-4H3,(H2,14,15,16). The third kappa shape index (κ3) is 6.02. The lowest BCUT2D eigenvalue weighted by atomic mass is 10.2. The van der Waals surface area contributed by atoms with Gasteiger partial charge in [-0.25, -0.2) is 4.98 Å². The average molecular weight is 284 g/mol. The van der Waals surface area contributed by atoms with E-state index in [1.165, 1.54) is 5.01 Å². The van der Waals surface area contributed by atoms with Gasteiger partial charge in [0.05, 0.1) is 23.9 Å². The maximum Gasteiger partial charge on any atom is 0.191 e. The highest BCUT2D eigenvalue weighted by atomic mass is 32.1. The predicted molar refractivity (Wildman–Crippen MR) is 80.9 cm³/mol. The van der Waals surface area contributed by atoms with E-state index in [0.29, 0.717) is 19.1 Å². The first kappa shape index (κ1) is 15.9. The van der Waals surface area contributed by atoms with Gasteiger partial charge in [-0.1, -0.05) is 13.8 Å². The molecule has 1 aromatic rings. The number of aliphatic imine (C=N–C) groups is 1. The molecule has 1 heterocycles. The minimum Gasteiger partial charge on any atom is -0.380 e. The summed E-state index contributed by atoms with van der Waals surface area (Å²) in [6.07, 6.45) is 0. The molecule has 1 rings (SSSR count). The third-order valence-corrected chi connectivity index (χ3v) is 3.66. The average Bonchev–Trinajstić information content (AvgIpc) is 2.87. The van der Waals surface area contributed by atoms with E-state index in [2.05, 4.69) is 39.8 Å². The summed E-state index contributed by atoms with van der Waals surface area (Å²) < 4.78 is 5.26. The van der Waals surface area contributed by atoms with Crippen molar-refractivity contribution < 1.29 is 4.74 Å². The Morgan fingerprint density at radius 1 is 1.47 bits per heavy atom. The van der Waals surface area contributed by atoms with E-state index in [1.807, 2.05) is 6.92 Å². The molecule has 5 nitrogen and oxygen atoms in total. The molecule has 2 N–H and O–H groups in total. The number of nitrogens with zero attached hydrogens (tertiary/aromatic N) is 2.